The minimum atomic E-state index is -0.660. The summed E-state index contributed by atoms with van der Waals surface area (Å²) in [7, 11) is 4.44. The molecule has 0 atom stereocenters. The topological polar surface area (TPSA) is 80.9 Å². The highest BCUT2D eigenvalue weighted by Gasteiger charge is 2.27. The Morgan fingerprint density at radius 2 is 1.32 bits per heavy atom. The van der Waals surface area contributed by atoms with Crippen LogP contribution in [0.1, 0.15) is 35.7 Å². The summed E-state index contributed by atoms with van der Waals surface area (Å²) in [5.74, 6) is 0.519. The van der Waals surface area contributed by atoms with E-state index in [0.717, 1.165) is 12.8 Å². The van der Waals surface area contributed by atoms with Gasteiger partial charge >= 0.3 is 5.97 Å². The fourth-order valence-corrected chi connectivity index (χ4v) is 4.15. The van der Waals surface area contributed by atoms with Crippen LogP contribution >= 0.6 is 0 Å². The van der Waals surface area contributed by atoms with Crippen molar-refractivity contribution >= 4 is 5.97 Å². The predicted molar refractivity (Wildman–Crippen MR) is 141 cm³/mol. The zero-order chi connectivity index (χ0) is 26.4. The summed E-state index contributed by atoms with van der Waals surface area (Å²) in [5, 5.41) is 0. The molecule has 4 rings (SSSR count). The second-order valence-corrected chi connectivity index (χ2v) is 8.29. The second kappa shape index (κ2) is 11.5. The lowest BCUT2D eigenvalue weighted by Crippen LogP contribution is -2.22. The van der Waals surface area contributed by atoms with E-state index in [-0.39, 0.29) is 17.0 Å². The number of carbonyl (C=O) groups excluding carboxylic acids is 1. The van der Waals surface area contributed by atoms with Gasteiger partial charge < -0.3 is 18.9 Å². The van der Waals surface area contributed by atoms with Crippen LogP contribution in [0.2, 0.25) is 0 Å². The van der Waals surface area contributed by atoms with Gasteiger partial charge in [-0.1, -0.05) is 49.7 Å². The Labute approximate surface area is 215 Å². The van der Waals surface area contributed by atoms with Gasteiger partial charge in [0.05, 0.1) is 43.8 Å². The van der Waals surface area contributed by atoms with Crippen LogP contribution in [0.25, 0.3) is 11.4 Å². The summed E-state index contributed by atoms with van der Waals surface area (Å²) in [6.45, 7) is 2.05. The summed E-state index contributed by atoms with van der Waals surface area (Å²) in [6, 6.07) is 21.7. The molecule has 0 saturated carbocycles. The Morgan fingerprint density at radius 3 is 1.81 bits per heavy atom. The van der Waals surface area contributed by atoms with Crippen LogP contribution in [-0.4, -0.2) is 36.7 Å². The highest BCUT2D eigenvalue weighted by atomic mass is 16.5. The molecule has 0 saturated heterocycles. The lowest BCUT2D eigenvalue weighted by atomic mass is 10.1. The Balaban J connectivity index is 1.91. The number of para-hydroxylation sites is 2. The first kappa shape index (κ1) is 25.6. The van der Waals surface area contributed by atoms with E-state index in [2.05, 4.69) is 0 Å². The monoisotopic (exact) mass is 502 g/mol. The predicted octanol–water partition coefficient (Wildman–Crippen LogP) is 5.22. The molecule has 3 aromatic carbocycles. The lowest BCUT2D eigenvalue weighted by Gasteiger charge is -2.16. The van der Waals surface area contributed by atoms with Crippen LogP contribution in [-0.2, 0) is 6.42 Å². The van der Waals surface area contributed by atoms with Gasteiger partial charge in [-0.25, -0.2) is 14.2 Å². The molecule has 0 aliphatic rings. The van der Waals surface area contributed by atoms with E-state index in [9.17, 15) is 9.59 Å². The molecular weight excluding hydrogens is 472 g/mol. The maximum absolute atomic E-state index is 13.8. The fourth-order valence-electron chi connectivity index (χ4n) is 4.15. The van der Waals surface area contributed by atoms with E-state index in [1.54, 1.807) is 4.68 Å². The van der Waals surface area contributed by atoms with Crippen molar-refractivity contribution in [2.45, 2.75) is 26.2 Å². The Bertz CT molecular complexity index is 1400. The molecule has 8 heteroatoms. The number of methoxy groups -OCH3 is 3. The van der Waals surface area contributed by atoms with E-state index in [0.29, 0.717) is 40.6 Å². The summed E-state index contributed by atoms with van der Waals surface area (Å²) in [5.41, 5.74) is 1.71. The molecule has 8 nitrogen and oxygen atoms in total. The molecule has 0 amide bonds. The second-order valence-electron chi connectivity index (χ2n) is 8.29. The van der Waals surface area contributed by atoms with E-state index < -0.39 is 5.97 Å². The van der Waals surface area contributed by atoms with Gasteiger partial charge in [0, 0.05) is 0 Å². The quantitative estimate of drug-likeness (QED) is 0.277. The third kappa shape index (κ3) is 5.09. The zero-order valence-electron chi connectivity index (χ0n) is 21.4. The third-order valence-corrected chi connectivity index (χ3v) is 5.97. The maximum Gasteiger partial charge on any atom is 0.345 e. The maximum atomic E-state index is 13.8. The number of ether oxygens (including phenoxy) is 4. The number of esters is 1. The molecule has 0 spiro atoms. The summed E-state index contributed by atoms with van der Waals surface area (Å²) < 4.78 is 25.4. The molecule has 0 fully saturated rings. The van der Waals surface area contributed by atoms with Crippen molar-refractivity contribution < 1.29 is 23.7 Å². The standard InChI is InChI=1S/C29H30N2O6/c1-5-6-17-23-27(32)30(21-13-9-7-10-14-21)31(22-15-11-8-12-16-22)28(23)37-29(33)20-18-24(34-2)26(36-4)25(19-20)35-3/h7-16,18-19H,5-6,17H2,1-4H3. The fraction of sp³-hybridized carbons (Fsp3) is 0.241. The van der Waals surface area contributed by atoms with Gasteiger partial charge in [-0.05, 0) is 49.2 Å². The van der Waals surface area contributed by atoms with E-state index in [1.165, 1.54) is 38.1 Å². The lowest BCUT2D eigenvalue weighted by molar-refractivity contribution is 0.0719. The number of rotatable bonds is 10. The van der Waals surface area contributed by atoms with Gasteiger partial charge in [0.25, 0.3) is 5.56 Å². The molecule has 0 N–H and O–H groups in total. The van der Waals surface area contributed by atoms with Gasteiger partial charge in [-0.2, -0.15) is 0 Å². The van der Waals surface area contributed by atoms with E-state index in [1.807, 2.05) is 67.6 Å². The normalized spacial score (nSPS) is 10.7. The zero-order valence-corrected chi connectivity index (χ0v) is 21.4. The molecule has 4 aromatic rings. The number of hydrogen-bond acceptors (Lipinski definition) is 6. The van der Waals surface area contributed by atoms with Crippen molar-refractivity contribution in [1.82, 2.24) is 9.36 Å². The summed E-state index contributed by atoms with van der Waals surface area (Å²) in [4.78, 5) is 27.3. The van der Waals surface area contributed by atoms with Crippen molar-refractivity contribution in [3.63, 3.8) is 0 Å². The number of aromatic nitrogens is 2. The third-order valence-electron chi connectivity index (χ3n) is 5.97. The van der Waals surface area contributed by atoms with Crippen molar-refractivity contribution in [2.75, 3.05) is 21.3 Å². The highest BCUT2D eigenvalue weighted by molar-refractivity contribution is 5.92. The molecule has 0 bridgehead atoms. The Morgan fingerprint density at radius 1 is 0.784 bits per heavy atom. The number of unbranched alkanes of at least 4 members (excludes halogenated alkanes) is 1. The van der Waals surface area contributed by atoms with Gasteiger partial charge in [0.2, 0.25) is 11.6 Å². The van der Waals surface area contributed by atoms with Gasteiger partial charge in [-0.3, -0.25) is 4.79 Å². The van der Waals surface area contributed by atoms with Crippen molar-refractivity contribution in [3.8, 4) is 34.5 Å². The Hall–Kier alpha value is -4.46. The minimum Gasteiger partial charge on any atom is -0.493 e. The largest absolute Gasteiger partial charge is 0.493 e. The average molecular weight is 503 g/mol. The number of hydrogen-bond donors (Lipinski definition) is 0. The van der Waals surface area contributed by atoms with Gasteiger partial charge in [0.15, 0.2) is 11.5 Å². The van der Waals surface area contributed by atoms with Crippen LogP contribution < -0.4 is 24.5 Å². The molecule has 0 aliphatic heterocycles. The SMILES string of the molecule is CCCCc1c(OC(=O)c2cc(OC)c(OC)c(OC)c2)n(-c2ccccc2)n(-c2ccccc2)c1=O. The van der Waals surface area contributed by atoms with Crippen LogP contribution in [0.4, 0.5) is 0 Å². The summed E-state index contributed by atoms with van der Waals surface area (Å²) in [6.07, 6.45) is 2.10. The summed E-state index contributed by atoms with van der Waals surface area (Å²) >= 11 is 0. The van der Waals surface area contributed by atoms with Crippen LogP contribution in [0.3, 0.4) is 0 Å². The number of carbonyl (C=O) groups is 1. The van der Waals surface area contributed by atoms with Crippen molar-refractivity contribution in [2.24, 2.45) is 0 Å². The van der Waals surface area contributed by atoms with Crippen LogP contribution in [0, 0.1) is 0 Å². The molecule has 1 heterocycles. The molecule has 0 aliphatic carbocycles. The van der Waals surface area contributed by atoms with Gasteiger partial charge in [-0.15, -0.1) is 0 Å². The number of benzene rings is 3. The van der Waals surface area contributed by atoms with Crippen LogP contribution in [0.5, 0.6) is 23.1 Å². The number of nitrogens with zero attached hydrogens (tertiary/aromatic N) is 2. The molecule has 0 unspecified atom stereocenters. The van der Waals surface area contributed by atoms with Crippen molar-refractivity contribution in [3.05, 3.63) is 94.3 Å². The van der Waals surface area contributed by atoms with E-state index >= 15 is 0 Å². The molecular formula is C29H30N2O6. The molecule has 0 radical (unpaired) electrons. The minimum absolute atomic E-state index is 0.173. The van der Waals surface area contributed by atoms with Crippen LogP contribution in [0.15, 0.2) is 77.6 Å². The van der Waals surface area contributed by atoms with Crippen molar-refractivity contribution in [1.29, 1.82) is 0 Å². The molecule has 192 valence electrons. The smallest absolute Gasteiger partial charge is 0.345 e. The van der Waals surface area contributed by atoms with Gasteiger partial charge in [0.1, 0.15) is 0 Å². The first-order valence-corrected chi connectivity index (χ1v) is 12.0. The van der Waals surface area contributed by atoms with E-state index in [4.69, 9.17) is 18.9 Å². The molecule has 1 aromatic heterocycles. The highest BCUT2D eigenvalue weighted by Crippen LogP contribution is 2.38. The first-order chi connectivity index (χ1) is 18.0. The molecule has 37 heavy (non-hydrogen) atoms. The first-order valence-electron chi connectivity index (χ1n) is 12.0. The average Bonchev–Trinajstić information content (AvgIpc) is 3.22. The Kier molecular flexibility index (Phi) is 7.98.